The summed E-state index contributed by atoms with van der Waals surface area (Å²) >= 11 is 0. The van der Waals surface area contributed by atoms with Gasteiger partial charge in [-0.1, -0.05) is 24.3 Å². The van der Waals surface area contributed by atoms with Gasteiger partial charge in [0.2, 0.25) is 5.91 Å². The molecule has 8 nitrogen and oxygen atoms in total. The molecule has 0 bridgehead atoms. The van der Waals surface area contributed by atoms with Crippen molar-refractivity contribution in [3.05, 3.63) is 54.1 Å². The Morgan fingerprint density at radius 2 is 1.75 bits per heavy atom. The molecule has 0 aromatic heterocycles. The molecule has 4 aliphatic rings. The van der Waals surface area contributed by atoms with Crippen LogP contribution in [0, 0.1) is 5.92 Å². The molecule has 0 radical (unpaired) electrons. The van der Waals surface area contributed by atoms with Crippen molar-refractivity contribution >= 4 is 17.5 Å². The zero-order chi connectivity index (χ0) is 24.7. The summed E-state index contributed by atoms with van der Waals surface area (Å²) in [6.45, 7) is 4.81. The Hall–Kier alpha value is -3.26. The van der Waals surface area contributed by atoms with Gasteiger partial charge in [0.15, 0.2) is 18.2 Å². The molecule has 0 unspecified atom stereocenters. The quantitative estimate of drug-likeness (QED) is 0.595. The first-order valence-electron chi connectivity index (χ1n) is 13.0. The molecular weight excluding hydrogens is 456 g/mol. The minimum Gasteiger partial charge on any atom is -0.493 e. The van der Waals surface area contributed by atoms with E-state index < -0.39 is 5.54 Å². The number of carbonyl (C=O) groups is 2. The van der Waals surface area contributed by atoms with Crippen LogP contribution in [0.2, 0.25) is 0 Å². The van der Waals surface area contributed by atoms with Crippen LogP contribution in [0.1, 0.15) is 36.0 Å². The number of benzene rings is 2. The monoisotopic (exact) mass is 490 g/mol. The van der Waals surface area contributed by atoms with Crippen molar-refractivity contribution in [2.75, 3.05) is 58.1 Å². The number of carbonyl (C=O) groups excluding carboxylic acids is 2. The minimum atomic E-state index is -0.466. The SMILES string of the molecule is COc1cccc2c1OCN(CCN1CCC3(CC1)C(=O)N(CC1CC1)CN3c1ccccc1)C2=O. The Labute approximate surface area is 212 Å². The maximum Gasteiger partial charge on any atom is 0.260 e. The number of ether oxygens (including phenoxy) is 2. The second-order valence-corrected chi connectivity index (χ2v) is 10.4. The van der Waals surface area contributed by atoms with E-state index in [0.29, 0.717) is 42.1 Å². The number of likely N-dealkylation sites (tertiary alicyclic amines) is 1. The van der Waals surface area contributed by atoms with Crippen molar-refractivity contribution in [1.29, 1.82) is 0 Å². The first-order valence-corrected chi connectivity index (χ1v) is 13.0. The highest BCUT2D eigenvalue weighted by molar-refractivity contribution is 5.98. The number of para-hydroxylation sites is 2. The van der Waals surface area contributed by atoms with Gasteiger partial charge < -0.3 is 29.1 Å². The molecule has 2 amide bonds. The van der Waals surface area contributed by atoms with E-state index in [1.807, 2.05) is 12.1 Å². The largest absolute Gasteiger partial charge is 0.493 e. The zero-order valence-electron chi connectivity index (χ0n) is 20.9. The molecule has 1 aliphatic carbocycles. The Bertz CT molecular complexity index is 1130. The molecule has 1 saturated carbocycles. The minimum absolute atomic E-state index is 0.0272. The average molecular weight is 491 g/mol. The van der Waals surface area contributed by atoms with Gasteiger partial charge in [-0.3, -0.25) is 9.59 Å². The van der Waals surface area contributed by atoms with Gasteiger partial charge in [-0.05, 0) is 55.9 Å². The Morgan fingerprint density at radius 1 is 0.972 bits per heavy atom. The van der Waals surface area contributed by atoms with Crippen molar-refractivity contribution in [3.8, 4) is 11.5 Å². The van der Waals surface area contributed by atoms with Crippen LogP contribution in [0.4, 0.5) is 5.69 Å². The number of amides is 2. The van der Waals surface area contributed by atoms with Gasteiger partial charge in [0.1, 0.15) is 5.54 Å². The van der Waals surface area contributed by atoms with E-state index in [4.69, 9.17) is 9.47 Å². The third-order valence-corrected chi connectivity index (χ3v) is 8.21. The van der Waals surface area contributed by atoms with Crippen LogP contribution < -0.4 is 14.4 Å². The lowest BCUT2D eigenvalue weighted by Crippen LogP contribution is -2.57. The summed E-state index contributed by atoms with van der Waals surface area (Å²) in [6, 6.07) is 15.8. The second-order valence-electron chi connectivity index (χ2n) is 10.4. The first-order chi connectivity index (χ1) is 17.6. The molecule has 3 aliphatic heterocycles. The summed E-state index contributed by atoms with van der Waals surface area (Å²) < 4.78 is 11.2. The zero-order valence-corrected chi connectivity index (χ0v) is 20.9. The third-order valence-electron chi connectivity index (χ3n) is 8.21. The fourth-order valence-electron chi connectivity index (χ4n) is 5.89. The highest BCUT2D eigenvalue weighted by Gasteiger charge is 2.54. The lowest BCUT2D eigenvalue weighted by molar-refractivity contribution is -0.133. The molecular formula is C28H34N4O4. The Balaban J connectivity index is 1.11. The van der Waals surface area contributed by atoms with Crippen molar-refractivity contribution in [2.24, 2.45) is 5.92 Å². The predicted octanol–water partition coefficient (Wildman–Crippen LogP) is 3.04. The van der Waals surface area contributed by atoms with Crippen molar-refractivity contribution in [3.63, 3.8) is 0 Å². The molecule has 36 heavy (non-hydrogen) atoms. The number of rotatable bonds is 7. The maximum atomic E-state index is 13.7. The summed E-state index contributed by atoms with van der Waals surface area (Å²) in [5.41, 5.74) is 1.21. The van der Waals surface area contributed by atoms with Gasteiger partial charge in [-0.25, -0.2) is 0 Å². The first kappa shape index (κ1) is 23.2. The van der Waals surface area contributed by atoms with E-state index >= 15 is 0 Å². The molecule has 2 saturated heterocycles. The lowest BCUT2D eigenvalue weighted by Gasteiger charge is -2.43. The third kappa shape index (κ3) is 4.07. The molecule has 1 spiro atoms. The smallest absolute Gasteiger partial charge is 0.260 e. The van der Waals surface area contributed by atoms with E-state index in [0.717, 1.165) is 44.7 Å². The van der Waals surface area contributed by atoms with Crippen LogP contribution in [0.3, 0.4) is 0 Å². The number of anilines is 1. The van der Waals surface area contributed by atoms with E-state index in [1.165, 1.54) is 12.8 Å². The van der Waals surface area contributed by atoms with Gasteiger partial charge in [0, 0.05) is 38.4 Å². The van der Waals surface area contributed by atoms with E-state index in [1.54, 1.807) is 24.1 Å². The summed E-state index contributed by atoms with van der Waals surface area (Å²) in [5.74, 6) is 2.05. The van der Waals surface area contributed by atoms with Crippen LogP contribution in [-0.4, -0.2) is 85.3 Å². The molecule has 3 fully saturated rings. The van der Waals surface area contributed by atoms with Crippen LogP contribution in [-0.2, 0) is 4.79 Å². The summed E-state index contributed by atoms with van der Waals surface area (Å²) in [4.78, 5) is 35.4. The van der Waals surface area contributed by atoms with Gasteiger partial charge in [-0.15, -0.1) is 0 Å². The molecule has 2 aromatic rings. The molecule has 6 rings (SSSR count). The highest BCUT2D eigenvalue weighted by atomic mass is 16.5. The van der Waals surface area contributed by atoms with E-state index in [9.17, 15) is 9.59 Å². The number of hydrogen-bond donors (Lipinski definition) is 0. The number of hydrogen-bond acceptors (Lipinski definition) is 6. The highest BCUT2D eigenvalue weighted by Crippen LogP contribution is 2.41. The van der Waals surface area contributed by atoms with Crippen LogP contribution in [0.25, 0.3) is 0 Å². The van der Waals surface area contributed by atoms with Crippen LogP contribution >= 0.6 is 0 Å². The van der Waals surface area contributed by atoms with E-state index in [2.05, 4.69) is 39.0 Å². The normalized spacial score (nSPS) is 21.6. The van der Waals surface area contributed by atoms with Gasteiger partial charge in [-0.2, -0.15) is 0 Å². The fraction of sp³-hybridized carbons (Fsp3) is 0.500. The average Bonchev–Trinajstić information content (AvgIpc) is 3.71. The maximum absolute atomic E-state index is 13.7. The summed E-state index contributed by atoms with van der Waals surface area (Å²) in [6.07, 6.45) is 4.08. The van der Waals surface area contributed by atoms with Gasteiger partial charge >= 0.3 is 0 Å². The Kier molecular flexibility index (Phi) is 5.99. The molecule has 190 valence electrons. The van der Waals surface area contributed by atoms with Gasteiger partial charge in [0.05, 0.1) is 19.3 Å². The number of methoxy groups -OCH3 is 1. The lowest BCUT2D eigenvalue weighted by atomic mass is 9.85. The number of nitrogens with zero attached hydrogens (tertiary/aromatic N) is 4. The summed E-state index contributed by atoms with van der Waals surface area (Å²) in [5, 5.41) is 0. The predicted molar refractivity (Wildman–Crippen MR) is 136 cm³/mol. The van der Waals surface area contributed by atoms with Crippen molar-refractivity contribution < 1.29 is 19.1 Å². The molecule has 8 heteroatoms. The van der Waals surface area contributed by atoms with Crippen LogP contribution in [0.15, 0.2) is 48.5 Å². The van der Waals surface area contributed by atoms with Crippen LogP contribution in [0.5, 0.6) is 11.5 Å². The fourth-order valence-corrected chi connectivity index (χ4v) is 5.89. The Morgan fingerprint density at radius 3 is 2.47 bits per heavy atom. The molecule has 0 N–H and O–H groups in total. The number of fused-ring (bicyclic) bond motifs is 1. The van der Waals surface area contributed by atoms with Gasteiger partial charge in [0.25, 0.3) is 5.91 Å². The molecule has 2 aromatic carbocycles. The van der Waals surface area contributed by atoms with E-state index in [-0.39, 0.29) is 12.6 Å². The topological polar surface area (TPSA) is 65.6 Å². The standard InChI is InChI=1S/C28H34N4O4/c1-35-24-9-5-8-23-25(24)36-20-30(26(23)33)17-16-29-14-12-28(13-15-29)27(34)31(18-21-10-11-21)19-32(28)22-6-3-2-4-7-22/h2-9,21H,10-20H2,1H3. The second kappa shape index (κ2) is 9.32. The molecule has 3 heterocycles. The number of piperidine rings is 1. The van der Waals surface area contributed by atoms with Crippen molar-refractivity contribution in [2.45, 2.75) is 31.2 Å². The molecule has 0 atom stereocenters. The summed E-state index contributed by atoms with van der Waals surface area (Å²) in [7, 11) is 1.58. The van der Waals surface area contributed by atoms with Crippen molar-refractivity contribution in [1.82, 2.24) is 14.7 Å².